The van der Waals surface area contributed by atoms with Gasteiger partial charge >= 0.3 is 5.88 Å². The Labute approximate surface area is 150 Å². The lowest BCUT2D eigenvalue weighted by Crippen LogP contribution is -2.47. The van der Waals surface area contributed by atoms with Crippen LogP contribution in [0, 0.1) is 17.0 Å². The predicted molar refractivity (Wildman–Crippen MR) is 94.2 cm³/mol. The van der Waals surface area contributed by atoms with Crippen LogP contribution in [0.15, 0.2) is 28.8 Å². The number of carbonyl (C=O) groups is 1. The van der Waals surface area contributed by atoms with Gasteiger partial charge < -0.3 is 9.32 Å². The first-order chi connectivity index (χ1) is 12.4. The molecule has 2 aromatic heterocycles. The van der Waals surface area contributed by atoms with Gasteiger partial charge in [-0.2, -0.15) is 5.10 Å². The Kier molecular flexibility index (Phi) is 5.17. The number of hydrogen-bond donors (Lipinski definition) is 0. The second-order valence-corrected chi connectivity index (χ2v) is 6.28. The minimum Gasteiger partial charge on any atom is -0.401 e. The Morgan fingerprint density at radius 1 is 1.35 bits per heavy atom. The Morgan fingerprint density at radius 3 is 2.65 bits per heavy atom. The largest absolute Gasteiger partial charge is 0.433 e. The number of furan rings is 1. The Bertz CT molecular complexity index is 830. The van der Waals surface area contributed by atoms with Crippen molar-refractivity contribution in [3.8, 4) is 0 Å². The van der Waals surface area contributed by atoms with Crippen LogP contribution in [0.5, 0.6) is 0 Å². The summed E-state index contributed by atoms with van der Waals surface area (Å²) >= 11 is 0. The summed E-state index contributed by atoms with van der Waals surface area (Å²) in [6, 6.07) is 2.74. The van der Waals surface area contributed by atoms with Crippen molar-refractivity contribution in [1.82, 2.24) is 19.6 Å². The zero-order chi connectivity index (χ0) is 18.7. The van der Waals surface area contributed by atoms with Gasteiger partial charge in [-0.3, -0.25) is 24.5 Å². The van der Waals surface area contributed by atoms with Gasteiger partial charge in [-0.05, 0) is 19.1 Å². The molecule has 9 nitrogen and oxygen atoms in total. The van der Waals surface area contributed by atoms with Crippen LogP contribution >= 0.6 is 0 Å². The number of hydrogen-bond acceptors (Lipinski definition) is 6. The maximum absolute atomic E-state index is 12.3. The smallest absolute Gasteiger partial charge is 0.401 e. The summed E-state index contributed by atoms with van der Waals surface area (Å²) in [5.74, 6) is -0.173. The predicted octanol–water partition coefficient (Wildman–Crippen LogP) is 1.59. The number of nitro groups is 1. The summed E-state index contributed by atoms with van der Waals surface area (Å²) in [7, 11) is 1.91. The van der Waals surface area contributed by atoms with E-state index in [4.69, 9.17) is 4.42 Å². The summed E-state index contributed by atoms with van der Waals surface area (Å²) in [6.45, 7) is 5.69. The molecule has 1 aliphatic heterocycles. The molecule has 0 unspecified atom stereocenters. The van der Waals surface area contributed by atoms with E-state index in [9.17, 15) is 14.9 Å². The van der Waals surface area contributed by atoms with Crippen LogP contribution in [-0.2, 0) is 18.4 Å². The van der Waals surface area contributed by atoms with Crippen molar-refractivity contribution in [3.63, 3.8) is 0 Å². The zero-order valence-electron chi connectivity index (χ0n) is 14.8. The third-order valence-electron chi connectivity index (χ3n) is 4.38. The van der Waals surface area contributed by atoms with Crippen molar-refractivity contribution in [2.45, 2.75) is 13.5 Å². The van der Waals surface area contributed by atoms with Crippen molar-refractivity contribution in [3.05, 3.63) is 51.5 Å². The summed E-state index contributed by atoms with van der Waals surface area (Å²) in [5.41, 5.74) is 2.23. The average Bonchev–Trinajstić information content (AvgIpc) is 3.20. The van der Waals surface area contributed by atoms with E-state index in [1.165, 1.54) is 29.8 Å². The number of rotatable bonds is 5. The monoisotopic (exact) mass is 359 g/mol. The molecular formula is C17H21N5O4. The fourth-order valence-corrected chi connectivity index (χ4v) is 2.96. The van der Waals surface area contributed by atoms with Crippen molar-refractivity contribution >= 4 is 17.9 Å². The fourth-order valence-electron chi connectivity index (χ4n) is 2.96. The van der Waals surface area contributed by atoms with Gasteiger partial charge in [-0.15, -0.1) is 0 Å². The van der Waals surface area contributed by atoms with Crippen LogP contribution in [0.3, 0.4) is 0 Å². The van der Waals surface area contributed by atoms with E-state index in [-0.39, 0.29) is 17.6 Å². The second-order valence-electron chi connectivity index (χ2n) is 6.28. The Morgan fingerprint density at radius 2 is 2.08 bits per heavy atom. The highest BCUT2D eigenvalue weighted by atomic mass is 16.6. The van der Waals surface area contributed by atoms with Crippen LogP contribution in [-0.4, -0.2) is 56.6 Å². The van der Waals surface area contributed by atoms with E-state index in [1.807, 2.05) is 24.9 Å². The maximum atomic E-state index is 12.3. The molecule has 0 N–H and O–H groups in total. The molecule has 0 aromatic carbocycles. The van der Waals surface area contributed by atoms with Gasteiger partial charge in [0.25, 0.3) is 0 Å². The molecule has 1 saturated heterocycles. The number of carbonyl (C=O) groups excluding carboxylic acids is 1. The standard InChI is InChI=1S/C17H21N5O4/c1-13-14(11-19(2)18-13)12-20-7-9-21(10-8-20)16(23)5-3-15-4-6-17(26-15)22(24)25/h3-6,11H,7-10,12H2,1-2H3/b5-3+. The van der Waals surface area contributed by atoms with Gasteiger partial charge in [0.05, 0.1) is 11.8 Å². The lowest BCUT2D eigenvalue weighted by molar-refractivity contribution is -0.402. The fraction of sp³-hybridized carbons (Fsp3) is 0.412. The van der Waals surface area contributed by atoms with Crippen LogP contribution in [0.2, 0.25) is 0 Å². The number of piperazine rings is 1. The van der Waals surface area contributed by atoms with Crippen molar-refractivity contribution in [2.24, 2.45) is 7.05 Å². The Hall–Kier alpha value is -2.94. The van der Waals surface area contributed by atoms with Crippen LogP contribution < -0.4 is 0 Å². The molecule has 26 heavy (non-hydrogen) atoms. The summed E-state index contributed by atoms with van der Waals surface area (Å²) < 4.78 is 6.82. The number of aromatic nitrogens is 2. The third-order valence-corrected chi connectivity index (χ3v) is 4.38. The zero-order valence-corrected chi connectivity index (χ0v) is 14.8. The first-order valence-electron chi connectivity index (χ1n) is 8.35. The second kappa shape index (κ2) is 7.52. The van der Waals surface area contributed by atoms with E-state index < -0.39 is 4.92 Å². The highest BCUT2D eigenvalue weighted by Gasteiger charge is 2.20. The van der Waals surface area contributed by atoms with Gasteiger partial charge in [0.1, 0.15) is 10.7 Å². The van der Waals surface area contributed by atoms with E-state index >= 15 is 0 Å². The molecule has 1 amide bonds. The van der Waals surface area contributed by atoms with Gasteiger partial charge in [-0.1, -0.05) is 0 Å². The van der Waals surface area contributed by atoms with Gasteiger partial charge in [-0.25, -0.2) is 0 Å². The van der Waals surface area contributed by atoms with Crippen LogP contribution in [0.4, 0.5) is 5.88 Å². The van der Waals surface area contributed by atoms with Crippen molar-refractivity contribution in [1.29, 1.82) is 0 Å². The van der Waals surface area contributed by atoms with Gasteiger partial charge in [0, 0.05) is 57.6 Å². The number of nitrogens with zero attached hydrogens (tertiary/aromatic N) is 5. The average molecular weight is 359 g/mol. The van der Waals surface area contributed by atoms with E-state index in [2.05, 4.69) is 10.00 Å². The highest BCUT2D eigenvalue weighted by molar-refractivity contribution is 5.91. The minimum atomic E-state index is -0.609. The molecule has 2 aromatic rings. The van der Waals surface area contributed by atoms with Crippen molar-refractivity contribution < 1.29 is 14.1 Å². The molecule has 0 radical (unpaired) electrons. The molecule has 1 aliphatic rings. The molecule has 3 heterocycles. The van der Waals surface area contributed by atoms with E-state index in [1.54, 1.807) is 4.90 Å². The molecular weight excluding hydrogens is 338 g/mol. The minimum absolute atomic E-state index is 0.124. The van der Waals surface area contributed by atoms with Crippen LogP contribution in [0.1, 0.15) is 17.0 Å². The van der Waals surface area contributed by atoms with Crippen molar-refractivity contribution in [2.75, 3.05) is 26.2 Å². The van der Waals surface area contributed by atoms with E-state index in [0.29, 0.717) is 13.1 Å². The molecule has 138 valence electrons. The molecule has 0 aliphatic carbocycles. The molecule has 3 rings (SSSR count). The lowest BCUT2D eigenvalue weighted by atomic mass is 10.2. The first-order valence-corrected chi connectivity index (χ1v) is 8.35. The molecule has 0 atom stereocenters. The van der Waals surface area contributed by atoms with E-state index in [0.717, 1.165) is 25.3 Å². The summed E-state index contributed by atoms with van der Waals surface area (Å²) in [4.78, 5) is 26.3. The molecule has 1 fully saturated rings. The van der Waals surface area contributed by atoms with Gasteiger partial charge in [0.2, 0.25) is 5.91 Å². The topological polar surface area (TPSA) is 97.7 Å². The third kappa shape index (κ3) is 4.17. The van der Waals surface area contributed by atoms with Gasteiger partial charge in [0.15, 0.2) is 0 Å². The SMILES string of the molecule is Cc1nn(C)cc1CN1CCN(C(=O)/C=C/c2ccc([N+](=O)[O-])o2)CC1. The summed E-state index contributed by atoms with van der Waals surface area (Å²) in [6.07, 6.45) is 4.88. The molecule has 0 saturated carbocycles. The lowest BCUT2D eigenvalue weighted by Gasteiger charge is -2.34. The Balaban J connectivity index is 1.50. The quantitative estimate of drug-likeness (QED) is 0.457. The van der Waals surface area contributed by atoms with Crippen LogP contribution in [0.25, 0.3) is 6.08 Å². The first kappa shape index (κ1) is 17.9. The molecule has 9 heteroatoms. The number of aryl methyl sites for hydroxylation is 2. The molecule has 0 spiro atoms. The molecule has 0 bridgehead atoms. The summed E-state index contributed by atoms with van der Waals surface area (Å²) in [5, 5.41) is 14.9. The maximum Gasteiger partial charge on any atom is 0.433 e. The number of amides is 1. The highest BCUT2D eigenvalue weighted by Crippen LogP contribution is 2.17. The normalized spacial score (nSPS) is 15.7.